The van der Waals surface area contributed by atoms with Gasteiger partial charge in [0.05, 0.1) is 19.3 Å². The number of hydrogen-bond acceptors (Lipinski definition) is 8. The highest BCUT2D eigenvalue weighted by Crippen LogP contribution is 2.20. The number of rotatable bonds is 5. The van der Waals surface area contributed by atoms with Crippen molar-refractivity contribution in [3.05, 3.63) is 0 Å². The molecular weight excluding hydrogens is 406 g/mol. The van der Waals surface area contributed by atoms with Gasteiger partial charge in [-0.15, -0.1) is 0 Å². The van der Waals surface area contributed by atoms with E-state index in [9.17, 15) is 14.4 Å². The van der Waals surface area contributed by atoms with Crippen molar-refractivity contribution in [2.45, 2.75) is 104 Å². The smallest absolute Gasteiger partial charge is 0.420 e. The summed E-state index contributed by atoms with van der Waals surface area (Å²) in [5.74, 6) is -0.765. The van der Waals surface area contributed by atoms with Gasteiger partial charge in [-0.2, -0.15) is 4.90 Å². The Morgan fingerprint density at radius 1 is 1.03 bits per heavy atom. The molecule has 0 aromatic heterocycles. The fraction of sp³-hybridized carbons (Fsp3) is 0.864. The van der Waals surface area contributed by atoms with Gasteiger partial charge in [-0.25, -0.2) is 14.4 Å². The van der Waals surface area contributed by atoms with Gasteiger partial charge in [0.1, 0.15) is 17.3 Å². The maximum atomic E-state index is 12.9. The monoisotopic (exact) mass is 445 g/mol. The van der Waals surface area contributed by atoms with E-state index in [1.54, 1.807) is 48.5 Å². The quantitative estimate of drug-likeness (QED) is 0.355. The molecule has 0 spiro atoms. The maximum Gasteiger partial charge on any atom is 0.420 e. The van der Waals surface area contributed by atoms with E-state index in [1.807, 2.05) is 0 Å². The lowest BCUT2D eigenvalue weighted by Gasteiger charge is -2.32. The van der Waals surface area contributed by atoms with E-state index in [1.165, 1.54) is 0 Å². The molecule has 0 bridgehead atoms. The van der Waals surface area contributed by atoms with Crippen molar-refractivity contribution in [2.24, 2.45) is 0 Å². The Bertz CT molecular complexity index is 580. The Morgan fingerprint density at radius 3 is 2.06 bits per heavy atom. The first-order valence-electron chi connectivity index (χ1n) is 10.9. The van der Waals surface area contributed by atoms with E-state index in [2.05, 4.69) is 6.92 Å². The summed E-state index contributed by atoms with van der Waals surface area (Å²) in [4.78, 5) is 39.2. The lowest BCUT2D eigenvalue weighted by Crippen LogP contribution is -2.54. The second kappa shape index (κ2) is 11.7. The minimum Gasteiger partial charge on any atom is -0.461 e. The van der Waals surface area contributed by atoms with Gasteiger partial charge in [-0.3, -0.25) is 0 Å². The molecule has 1 aliphatic rings. The molecule has 180 valence electrons. The molecule has 0 aliphatic carbocycles. The molecule has 3 atom stereocenters. The fourth-order valence-corrected chi connectivity index (χ4v) is 2.78. The second-order valence-electron chi connectivity index (χ2n) is 9.71. The van der Waals surface area contributed by atoms with Crippen molar-refractivity contribution in [1.29, 1.82) is 0 Å². The molecule has 1 saturated heterocycles. The van der Waals surface area contributed by atoms with Gasteiger partial charge in [0, 0.05) is 13.0 Å². The molecule has 1 heterocycles. The molecule has 31 heavy (non-hydrogen) atoms. The second-order valence-corrected chi connectivity index (χ2v) is 9.71. The summed E-state index contributed by atoms with van der Waals surface area (Å²) in [6.07, 6.45) is -0.391. The predicted octanol–water partition coefficient (Wildman–Crippen LogP) is 4.06. The summed E-state index contributed by atoms with van der Waals surface area (Å²) in [5.41, 5.74) is -1.77. The third-order valence-corrected chi connectivity index (χ3v) is 4.11. The zero-order valence-corrected chi connectivity index (χ0v) is 20.2. The molecule has 0 saturated carbocycles. The van der Waals surface area contributed by atoms with Crippen LogP contribution < -0.4 is 0 Å². The average Bonchev–Trinajstić information content (AvgIpc) is 2.62. The van der Waals surface area contributed by atoms with Gasteiger partial charge in [-0.05, 0) is 54.9 Å². The SMILES string of the molecule is CCCCO[C@H]1COC[C@H](N(C(=O)OC(C)(C)C)C(=O)OC(C)(C)C)C(=O)O[C@@H](C)C1. The number of amides is 2. The molecule has 0 aromatic carbocycles. The summed E-state index contributed by atoms with van der Waals surface area (Å²) >= 11 is 0. The first kappa shape index (κ1) is 27.2. The van der Waals surface area contributed by atoms with E-state index in [0.717, 1.165) is 12.8 Å². The number of esters is 1. The van der Waals surface area contributed by atoms with Crippen LogP contribution in [0.5, 0.6) is 0 Å². The number of ether oxygens (including phenoxy) is 5. The summed E-state index contributed by atoms with van der Waals surface area (Å²) in [6, 6.07) is -1.35. The zero-order valence-electron chi connectivity index (χ0n) is 20.2. The molecule has 1 aliphatic heterocycles. The van der Waals surface area contributed by atoms with Crippen molar-refractivity contribution in [1.82, 2.24) is 4.90 Å². The van der Waals surface area contributed by atoms with E-state index in [-0.39, 0.29) is 19.3 Å². The van der Waals surface area contributed by atoms with Crippen LogP contribution in [0, 0.1) is 0 Å². The van der Waals surface area contributed by atoms with Crippen LogP contribution in [0.3, 0.4) is 0 Å². The summed E-state index contributed by atoms with van der Waals surface area (Å²) in [7, 11) is 0. The molecule has 9 heteroatoms. The van der Waals surface area contributed by atoms with Crippen LogP contribution >= 0.6 is 0 Å². The lowest BCUT2D eigenvalue weighted by atomic mass is 10.2. The number of carbonyl (C=O) groups is 3. The predicted molar refractivity (Wildman–Crippen MR) is 114 cm³/mol. The van der Waals surface area contributed by atoms with Gasteiger partial charge in [0.15, 0.2) is 6.04 Å². The first-order valence-corrected chi connectivity index (χ1v) is 10.9. The highest BCUT2D eigenvalue weighted by atomic mass is 16.6. The highest BCUT2D eigenvalue weighted by molar-refractivity contribution is 5.94. The van der Waals surface area contributed by atoms with Gasteiger partial charge in [0.2, 0.25) is 0 Å². The van der Waals surface area contributed by atoms with Crippen molar-refractivity contribution in [3.63, 3.8) is 0 Å². The molecule has 2 amide bonds. The Balaban J connectivity index is 3.09. The van der Waals surface area contributed by atoms with Gasteiger partial charge in [-0.1, -0.05) is 13.3 Å². The molecule has 0 aromatic rings. The number of hydrogen-bond donors (Lipinski definition) is 0. The van der Waals surface area contributed by atoms with Crippen molar-refractivity contribution < 1.29 is 38.1 Å². The minimum atomic E-state index is -1.35. The summed E-state index contributed by atoms with van der Waals surface area (Å²) < 4.78 is 27.7. The van der Waals surface area contributed by atoms with Crippen LogP contribution in [0.1, 0.15) is 74.7 Å². The van der Waals surface area contributed by atoms with Crippen LogP contribution in [0.4, 0.5) is 9.59 Å². The Hall–Kier alpha value is -1.87. The van der Waals surface area contributed by atoms with Crippen molar-refractivity contribution >= 4 is 18.2 Å². The standard InChI is InChI=1S/C22H39NO8/c1-9-10-11-28-16-12-15(2)29-18(24)17(14-27-13-16)23(19(25)30-21(3,4)5)20(26)31-22(6,7)8/h15-17H,9-14H2,1-8H3/t15-,16+,17-/m0/s1. The molecular formula is C22H39NO8. The van der Waals surface area contributed by atoms with Crippen molar-refractivity contribution in [3.8, 4) is 0 Å². The largest absolute Gasteiger partial charge is 0.461 e. The Kier molecular flexibility index (Phi) is 10.2. The first-order chi connectivity index (χ1) is 14.2. The van der Waals surface area contributed by atoms with Crippen LogP contribution in [0.15, 0.2) is 0 Å². The molecule has 0 radical (unpaired) electrons. The van der Waals surface area contributed by atoms with Crippen LogP contribution in [0.2, 0.25) is 0 Å². The van der Waals surface area contributed by atoms with Gasteiger partial charge in [0.25, 0.3) is 0 Å². The van der Waals surface area contributed by atoms with E-state index >= 15 is 0 Å². The fourth-order valence-electron chi connectivity index (χ4n) is 2.78. The number of carbonyl (C=O) groups excluding carboxylic acids is 3. The molecule has 0 unspecified atom stereocenters. The number of imide groups is 1. The third-order valence-electron chi connectivity index (χ3n) is 4.11. The average molecular weight is 446 g/mol. The van der Waals surface area contributed by atoms with Gasteiger partial charge >= 0.3 is 18.2 Å². The molecule has 1 rings (SSSR count). The van der Waals surface area contributed by atoms with E-state index in [4.69, 9.17) is 23.7 Å². The zero-order chi connectivity index (χ0) is 23.8. The topological polar surface area (TPSA) is 101 Å². The van der Waals surface area contributed by atoms with Crippen LogP contribution in [-0.4, -0.2) is 72.3 Å². The third kappa shape index (κ3) is 10.3. The van der Waals surface area contributed by atoms with Crippen LogP contribution in [-0.2, 0) is 28.5 Å². The number of nitrogens with zero attached hydrogens (tertiary/aromatic N) is 1. The van der Waals surface area contributed by atoms with Gasteiger partial charge < -0.3 is 23.7 Å². The Labute approximate surface area is 185 Å². The normalized spacial score (nSPS) is 23.1. The summed E-state index contributed by atoms with van der Waals surface area (Å²) in [6.45, 7) is 14.3. The Morgan fingerprint density at radius 2 is 1.58 bits per heavy atom. The van der Waals surface area contributed by atoms with E-state index in [0.29, 0.717) is 17.9 Å². The lowest BCUT2D eigenvalue weighted by molar-refractivity contribution is -0.156. The molecule has 1 fully saturated rings. The number of cyclic esters (lactones) is 1. The maximum absolute atomic E-state index is 12.9. The van der Waals surface area contributed by atoms with Crippen LogP contribution in [0.25, 0.3) is 0 Å². The molecule has 9 nitrogen and oxygen atoms in total. The summed E-state index contributed by atoms with van der Waals surface area (Å²) in [5, 5.41) is 0. The van der Waals surface area contributed by atoms with Crippen molar-refractivity contribution in [2.75, 3.05) is 19.8 Å². The molecule has 0 N–H and O–H groups in total. The number of unbranched alkanes of at least 4 members (excludes halogenated alkanes) is 1. The van der Waals surface area contributed by atoms with E-state index < -0.39 is 41.5 Å². The highest BCUT2D eigenvalue weighted by Gasteiger charge is 2.42. The minimum absolute atomic E-state index is 0.206.